The van der Waals surface area contributed by atoms with Crippen molar-refractivity contribution in [2.45, 2.75) is 13.8 Å². The minimum absolute atomic E-state index is 1.17. The molecule has 0 aliphatic carbocycles. The normalized spacial score (nSPS) is 9.67. The maximum atomic E-state index is 3.43. The molecular weight excluding hydrogens is 176 g/mol. The van der Waals surface area contributed by atoms with Gasteiger partial charge in [-0.3, -0.25) is 0 Å². The van der Waals surface area contributed by atoms with Crippen molar-refractivity contribution in [3.8, 4) is 0 Å². The van der Waals surface area contributed by atoms with E-state index in [4.69, 9.17) is 0 Å². The maximum absolute atomic E-state index is 3.43. The van der Waals surface area contributed by atoms with Crippen LogP contribution in [0.1, 0.15) is 11.1 Å². The number of rotatable bonds is 0. The summed E-state index contributed by atoms with van der Waals surface area (Å²) in [4.78, 5) is 0. The van der Waals surface area contributed by atoms with Gasteiger partial charge in [-0.05, 0) is 37.1 Å². The Bertz CT molecular complexity index is 196. The highest BCUT2D eigenvalue weighted by Crippen LogP contribution is 2.17. The second-order valence-corrected chi connectivity index (χ2v) is 2.93. The van der Waals surface area contributed by atoms with Crippen LogP contribution in [0, 0.1) is 19.9 Å². The van der Waals surface area contributed by atoms with Crippen molar-refractivity contribution in [2.75, 3.05) is 0 Å². The van der Waals surface area contributed by atoms with Gasteiger partial charge in [-0.15, -0.1) is 0 Å². The third-order valence-corrected chi connectivity index (χ3v) is 2.31. The van der Waals surface area contributed by atoms with E-state index in [0.717, 1.165) is 0 Å². The van der Waals surface area contributed by atoms with Gasteiger partial charge in [0.15, 0.2) is 0 Å². The molecule has 0 saturated carbocycles. The predicted octanol–water partition coefficient (Wildman–Crippen LogP) is 2.87. The molecule has 1 rings (SSSR count). The molecule has 0 amide bonds. The Balaban J connectivity index is 3.25. The summed E-state index contributed by atoms with van der Waals surface area (Å²) in [7, 11) is 0. The first kappa shape index (κ1) is 6.81. The van der Waals surface area contributed by atoms with Crippen molar-refractivity contribution in [3.63, 3.8) is 0 Å². The van der Waals surface area contributed by atoms with Crippen molar-refractivity contribution in [1.82, 2.24) is 0 Å². The smallest absolute Gasteiger partial charge is 0.0207 e. The second kappa shape index (κ2) is 2.53. The predicted molar refractivity (Wildman–Crippen MR) is 42.5 cm³/mol. The average Bonchev–Trinajstić information content (AvgIpc) is 1.83. The number of benzene rings is 1. The topological polar surface area (TPSA) is 0 Å². The first-order valence-electron chi connectivity index (χ1n) is 2.85. The van der Waals surface area contributed by atoms with Crippen LogP contribution in [0.3, 0.4) is 0 Å². The van der Waals surface area contributed by atoms with Crippen LogP contribution in [0.25, 0.3) is 0 Å². The van der Waals surface area contributed by atoms with Gasteiger partial charge in [-0.1, -0.05) is 22.0 Å². The SMILES string of the molecule is Cc1[c]ccc(Br)c1C. The van der Waals surface area contributed by atoms with E-state index in [0.29, 0.717) is 0 Å². The summed E-state index contributed by atoms with van der Waals surface area (Å²) >= 11 is 3.43. The molecule has 47 valence electrons. The Morgan fingerprint density at radius 1 is 1.44 bits per heavy atom. The van der Waals surface area contributed by atoms with Gasteiger partial charge >= 0.3 is 0 Å². The van der Waals surface area contributed by atoms with Crippen molar-refractivity contribution in [3.05, 3.63) is 33.8 Å². The number of aryl methyl sites for hydroxylation is 1. The fourth-order valence-corrected chi connectivity index (χ4v) is 1.08. The zero-order chi connectivity index (χ0) is 6.85. The molecule has 0 bridgehead atoms. The van der Waals surface area contributed by atoms with Crippen LogP contribution >= 0.6 is 15.9 Å². The quantitative estimate of drug-likeness (QED) is 0.581. The molecule has 0 aliphatic heterocycles. The van der Waals surface area contributed by atoms with Crippen LogP contribution in [0.2, 0.25) is 0 Å². The van der Waals surface area contributed by atoms with Crippen LogP contribution in [0.5, 0.6) is 0 Å². The van der Waals surface area contributed by atoms with E-state index in [-0.39, 0.29) is 0 Å². The minimum Gasteiger partial charge on any atom is -0.0530 e. The second-order valence-electron chi connectivity index (χ2n) is 2.08. The number of hydrogen-bond acceptors (Lipinski definition) is 0. The maximum Gasteiger partial charge on any atom is 0.0207 e. The Kier molecular flexibility index (Phi) is 1.91. The lowest BCUT2D eigenvalue weighted by atomic mass is 10.1. The summed E-state index contributed by atoms with van der Waals surface area (Å²) in [5.41, 5.74) is 2.49. The van der Waals surface area contributed by atoms with Gasteiger partial charge in [-0.25, -0.2) is 0 Å². The molecule has 9 heavy (non-hydrogen) atoms. The van der Waals surface area contributed by atoms with Crippen LogP contribution in [0.4, 0.5) is 0 Å². The molecule has 0 nitrogen and oxygen atoms in total. The highest BCUT2D eigenvalue weighted by molar-refractivity contribution is 9.10. The third kappa shape index (κ3) is 1.33. The molecule has 1 radical (unpaired) electrons. The molecule has 0 fully saturated rings. The van der Waals surface area contributed by atoms with E-state index in [1.54, 1.807) is 0 Å². The molecule has 0 saturated heterocycles. The summed E-state index contributed by atoms with van der Waals surface area (Å²) in [6.07, 6.45) is 0. The molecule has 0 spiro atoms. The first-order chi connectivity index (χ1) is 4.22. The van der Waals surface area contributed by atoms with Crippen molar-refractivity contribution >= 4 is 15.9 Å². The Labute approximate surface area is 64.0 Å². The highest BCUT2D eigenvalue weighted by atomic mass is 79.9. The molecule has 0 aliphatic rings. The average molecular weight is 184 g/mol. The molecule has 0 N–H and O–H groups in total. The van der Waals surface area contributed by atoms with Crippen LogP contribution < -0.4 is 0 Å². The molecule has 1 aromatic rings. The van der Waals surface area contributed by atoms with E-state index in [2.05, 4.69) is 35.8 Å². The lowest BCUT2D eigenvalue weighted by Gasteiger charge is -1.98. The molecular formula is C8H8Br. The standard InChI is InChI=1S/C8H8Br/c1-6-4-3-5-8(9)7(6)2/h3,5H,1-2H3. The van der Waals surface area contributed by atoms with Gasteiger partial charge in [0.1, 0.15) is 0 Å². The van der Waals surface area contributed by atoms with Crippen molar-refractivity contribution in [2.24, 2.45) is 0 Å². The molecule has 0 unspecified atom stereocenters. The zero-order valence-electron chi connectivity index (χ0n) is 5.53. The molecule has 1 aromatic carbocycles. The number of hydrogen-bond donors (Lipinski definition) is 0. The highest BCUT2D eigenvalue weighted by Gasteiger charge is 1.94. The van der Waals surface area contributed by atoms with Crippen LogP contribution in [0.15, 0.2) is 16.6 Å². The van der Waals surface area contributed by atoms with E-state index >= 15 is 0 Å². The lowest BCUT2D eigenvalue weighted by molar-refractivity contribution is 1.31. The van der Waals surface area contributed by atoms with Gasteiger partial charge < -0.3 is 0 Å². The summed E-state index contributed by atoms with van der Waals surface area (Å²) in [5.74, 6) is 0. The monoisotopic (exact) mass is 183 g/mol. The van der Waals surface area contributed by atoms with Gasteiger partial charge in [0.25, 0.3) is 0 Å². The summed E-state index contributed by atoms with van der Waals surface area (Å²) < 4.78 is 1.17. The molecule has 0 heterocycles. The Morgan fingerprint density at radius 3 is 2.56 bits per heavy atom. The zero-order valence-corrected chi connectivity index (χ0v) is 7.12. The number of halogens is 1. The van der Waals surface area contributed by atoms with E-state index < -0.39 is 0 Å². The fourth-order valence-electron chi connectivity index (χ4n) is 0.652. The van der Waals surface area contributed by atoms with E-state index in [1.807, 2.05) is 12.1 Å². The fraction of sp³-hybridized carbons (Fsp3) is 0.250. The third-order valence-electron chi connectivity index (χ3n) is 1.45. The van der Waals surface area contributed by atoms with Gasteiger partial charge in [-0.2, -0.15) is 0 Å². The minimum atomic E-state index is 1.17. The Hall–Kier alpha value is -0.300. The molecule has 0 atom stereocenters. The van der Waals surface area contributed by atoms with Crippen LogP contribution in [-0.4, -0.2) is 0 Å². The largest absolute Gasteiger partial charge is 0.0530 e. The van der Waals surface area contributed by atoms with E-state index in [9.17, 15) is 0 Å². The summed E-state index contributed by atoms with van der Waals surface area (Å²) in [6, 6.07) is 7.04. The molecule has 0 aromatic heterocycles. The van der Waals surface area contributed by atoms with Gasteiger partial charge in [0.05, 0.1) is 0 Å². The first-order valence-corrected chi connectivity index (χ1v) is 3.64. The lowest BCUT2D eigenvalue weighted by Crippen LogP contribution is -1.79. The summed E-state index contributed by atoms with van der Waals surface area (Å²) in [5, 5.41) is 0. The molecule has 1 heteroatoms. The van der Waals surface area contributed by atoms with Gasteiger partial charge in [0, 0.05) is 4.47 Å². The van der Waals surface area contributed by atoms with Crippen molar-refractivity contribution in [1.29, 1.82) is 0 Å². The van der Waals surface area contributed by atoms with Gasteiger partial charge in [0.2, 0.25) is 0 Å². The van der Waals surface area contributed by atoms with Crippen LogP contribution in [-0.2, 0) is 0 Å². The van der Waals surface area contributed by atoms with E-state index in [1.165, 1.54) is 15.6 Å². The van der Waals surface area contributed by atoms with Crippen molar-refractivity contribution < 1.29 is 0 Å². The Morgan fingerprint density at radius 2 is 2.11 bits per heavy atom. The summed E-state index contributed by atoms with van der Waals surface area (Å²) in [6.45, 7) is 4.13.